The third kappa shape index (κ3) is 4.86. The molecule has 2 aromatic rings. The van der Waals surface area contributed by atoms with Crippen LogP contribution in [0.3, 0.4) is 0 Å². The van der Waals surface area contributed by atoms with Crippen molar-refractivity contribution in [2.45, 2.75) is 37.8 Å². The van der Waals surface area contributed by atoms with E-state index >= 15 is 0 Å². The third-order valence-corrected chi connectivity index (χ3v) is 4.91. The van der Waals surface area contributed by atoms with Gasteiger partial charge in [0.05, 0.1) is 16.8 Å². The number of halogens is 6. The van der Waals surface area contributed by atoms with Crippen LogP contribution in [0, 0.1) is 0 Å². The van der Waals surface area contributed by atoms with Gasteiger partial charge in [-0.25, -0.2) is 4.79 Å². The van der Waals surface area contributed by atoms with Crippen molar-refractivity contribution in [3.63, 3.8) is 0 Å². The minimum atomic E-state index is -4.91. The molecule has 0 aromatic heterocycles. The number of rotatable bonds is 3. The standard InChI is InChI=1S/C20H18F6N2O2/c21-19(22,23)13-8-12(9-14(10-13)20(24,25)26)11-27-16-5-3-7-28(18(29)30)17-6-2-1-4-15(16)17/h1-2,4,6,8-10,16,27H,3,5,7,11H2,(H,29,30). The molecule has 2 aromatic carbocycles. The second kappa shape index (κ2) is 8.17. The Morgan fingerprint density at radius 1 is 1.03 bits per heavy atom. The number of benzene rings is 2. The highest BCUT2D eigenvalue weighted by molar-refractivity contribution is 5.87. The van der Waals surface area contributed by atoms with Crippen molar-refractivity contribution in [1.29, 1.82) is 0 Å². The molecule has 1 unspecified atom stereocenters. The summed E-state index contributed by atoms with van der Waals surface area (Å²) in [6.07, 6.45) is -9.99. The van der Waals surface area contributed by atoms with Gasteiger partial charge in [-0.15, -0.1) is 0 Å². The monoisotopic (exact) mass is 432 g/mol. The third-order valence-electron chi connectivity index (χ3n) is 4.91. The second-order valence-electron chi connectivity index (χ2n) is 6.98. The zero-order valence-corrected chi connectivity index (χ0v) is 15.5. The van der Waals surface area contributed by atoms with Gasteiger partial charge in [0.25, 0.3) is 0 Å². The molecule has 1 aliphatic heterocycles. The van der Waals surface area contributed by atoms with E-state index in [1.807, 2.05) is 0 Å². The van der Waals surface area contributed by atoms with Crippen LogP contribution in [0.1, 0.15) is 41.1 Å². The van der Waals surface area contributed by atoms with Gasteiger partial charge in [-0.2, -0.15) is 26.3 Å². The van der Waals surface area contributed by atoms with Gasteiger partial charge in [0.2, 0.25) is 0 Å². The molecule has 0 spiro atoms. The van der Waals surface area contributed by atoms with Gasteiger partial charge < -0.3 is 10.4 Å². The molecule has 0 aliphatic carbocycles. The summed E-state index contributed by atoms with van der Waals surface area (Å²) < 4.78 is 78.3. The molecule has 30 heavy (non-hydrogen) atoms. The van der Waals surface area contributed by atoms with Crippen LogP contribution in [0.4, 0.5) is 36.8 Å². The average Bonchev–Trinajstić information content (AvgIpc) is 2.84. The SMILES string of the molecule is O=C(O)N1CCCC(NCc2cc(C(F)(F)F)cc(C(F)(F)F)c2)c2ccccc21. The molecular formula is C20H18F6N2O2. The minimum Gasteiger partial charge on any atom is -0.465 e. The molecule has 162 valence electrons. The van der Waals surface area contributed by atoms with E-state index in [1.165, 1.54) is 4.90 Å². The molecule has 0 saturated carbocycles. The first-order chi connectivity index (χ1) is 14.0. The lowest BCUT2D eigenvalue weighted by Crippen LogP contribution is -2.30. The number of para-hydroxylation sites is 1. The molecule has 1 atom stereocenters. The smallest absolute Gasteiger partial charge is 0.416 e. The fourth-order valence-electron chi connectivity index (χ4n) is 3.53. The number of amides is 1. The first-order valence-electron chi connectivity index (χ1n) is 9.08. The highest BCUT2D eigenvalue weighted by Gasteiger charge is 2.37. The zero-order chi connectivity index (χ0) is 22.1. The van der Waals surface area contributed by atoms with E-state index in [-0.39, 0.29) is 24.7 Å². The summed E-state index contributed by atoms with van der Waals surface area (Å²) in [5.41, 5.74) is -1.82. The van der Waals surface area contributed by atoms with Crippen LogP contribution in [-0.4, -0.2) is 17.7 Å². The fraction of sp³-hybridized carbons (Fsp3) is 0.350. The van der Waals surface area contributed by atoms with Gasteiger partial charge >= 0.3 is 18.4 Å². The van der Waals surface area contributed by atoms with Gasteiger partial charge in [0, 0.05) is 19.1 Å². The summed E-state index contributed by atoms with van der Waals surface area (Å²) in [7, 11) is 0. The van der Waals surface area contributed by atoms with Crippen molar-refractivity contribution < 1.29 is 36.2 Å². The Balaban J connectivity index is 1.89. The Labute approximate surface area is 168 Å². The van der Waals surface area contributed by atoms with Gasteiger partial charge in [0.15, 0.2) is 0 Å². The molecule has 1 amide bonds. The summed E-state index contributed by atoms with van der Waals surface area (Å²) in [6.45, 7) is 0.00534. The van der Waals surface area contributed by atoms with Crippen molar-refractivity contribution in [1.82, 2.24) is 5.32 Å². The van der Waals surface area contributed by atoms with E-state index in [4.69, 9.17) is 0 Å². The first-order valence-corrected chi connectivity index (χ1v) is 9.08. The summed E-state index contributed by atoms with van der Waals surface area (Å²) >= 11 is 0. The Kier molecular flexibility index (Phi) is 5.98. The molecule has 4 nitrogen and oxygen atoms in total. The van der Waals surface area contributed by atoms with E-state index in [0.29, 0.717) is 36.2 Å². The van der Waals surface area contributed by atoms with Gasteiger partial charge in [-0.3, -0.25) is 4.90 Å². The number of nitrogens with zero attached hydrogens (tertiary/aromatic N) is 1. The molecule has 0 fully saturated rings. The van der Waals surface area contributed by atoms with Crippen molar-refractivity contribution in [2.75, 3.05) is 11.4 Å². The van der Waals surface area contributed by atoms with E-state index in [2.05, 4.69) is 5.32 Å². The lowest BCUT2D eigenvalue weighted by Gasteiger charge is -2.22. The van der Waals surface area contributed by atoms with Crippen molar-refractivity contribution in [2.24, 2.45) is 0 Å². The molecule has 10 heteroatoms. The average molecular weight is 432 g/mol. The number of alkyl halides is 6. The highest BCUT2D eigenvalue weighted by Crippen LogP contribution is 2.37. The number of fused-ring (bicyclic) bond motifs is 1. The largest absolute Gasteiger partial charge is 0.465 e. The van der Waals surface area contributed by atoms with Crippen molar-refractivity contribution in [3.05, 3.63) is 64.7 Å². The van der Waals surface area contributed by atoms with Crippen LogP contribution >= 0.6 is 0 Å². The predicted molar refractivity (Wildman–Crippen MR) is 97.1 cm³/mol. The van der Waals surface area contributed by atoms with E-state index in [1.54, 1.807) is 24.3 Å². The quantitative estimate of drug-likeness (QED) is 0.600. The normalized spacial score (nSPS) is 17.4. The molecule has 0 radical (unpaired) electrons. The molecule has 0 bridgehead atoms. The second-order valence-corrected chi connectivity index (χ2v) is 6.98. The highest BCUT2D eigenvalue weighted by atomic mass is 19.4. The van der Waals surface area contributed by atoms with Crippen molar-refractivity contribution in [3.8, 4) is 0 Å². The maximum Gasteiger partial charge on any atom is 0.416 e. The van der Waals surface area contributed by atoms with Gasteiger partial charge in [-0.1, -0.05) is 18.2 Å². The maximum absolute atomic E-state index is 13.1. The van der Waals surface area contributed by atoms with Crippen LogP contribution in [-0.2, 0) is 18.9 Å². The summed E-state index contributed by atoms with van der Waals surface area (Å²) in [4.78, 5) is 12.7. The van der Waals surface area contributed by atoms with Crippen molar-refractivity contribution >= 4 is 11.8 Å². The molecule has 2 N–H and O–H groups in total. The van der Waals surface area contributed by atoms with Crippen LogP contribution in [0.15, 0.2) is 42.5 Å². The number of hydrogen-bond donors (Lipinski definition) is 2. The Bertz CT molecular complexity index is 894. The van der Waals surface area contributed by atoms with Gasteiger partial charge in [0.1, 0.15) is 0 Å². The Morgan fingerprint density at radius 2 is 1.63 bits per heavy atom. The molecular weight excluding hydrogens is 414 g/mol. The summed E-state index contributed by atoms with van der Waals surface area (Å²) in [6, 6.07) is 7.73. The first kappa shape index (κ1) is 21.9. The molecule has 0 saturated heterocycles. The van der Waals surface area contributed by atoms with Crippen LogP contribution in [0.2, 0.25) is 0 Å². The zero-order valence-electron chi connectivity index (χ0n) is 15.5. The molecule has 1 aliphatic rings. The maximum atomic E-state index is 13.1. The minimum absolute atomic E-state index is 0.0924. The number of hydrogen-bond acceptors (Lipinski definition) is 2. The predicted octanol–water partition coefficient (Wildman–Crippen LogP) is 5.83. The number of carboxylic acid groups (broad SMARTS) is 1. The number of nitrogens with one attached hydrogen (secondary N) is 1. The van der Waals surface area contributed by atoms with Gasteiger partial charge in [-0.05, 0) is 48.2 Å². The van der Waals surface area contributed by atoms with Crippen LogP contribution in [0.25, 0.3) is 0 Å². The van der Waals surface area contributed by atoms with E-state index in [9.17, 15) is 36.2 Å². The van der Waals surface area contributed by atoms with Crippen LogP contribution < -0.4 is 10.2 Å². The summed E-state index contributed by atoms with van der Waals surface area (Å²) in [5.74, 6) is 0. The lowest BCUT2D eigenvalue weighted by atomic mass is 10.0. The molecule has 3 rings (SSSR count). The van der Waals surface area contributed by atoms with Crippen LogP contribution in [0.5, 0.6) is 0 Å². The number of anilines is 1. The molecule has 1 heterocycles. The number of carbonyl (C=O) groups is 1. The Morgan fingerprint density at radius 3 is 2.20 bits per heavy atom. The lowest BCUT2D eigenvalue weighted by molar-refractivity contribution is -0.143. The fourth-order valence-corrected chi connectivity index (χ4v) is 3.53. The van der Waals surface area contributed by atoms with E-state index < -0.39 is 35.6 Å². The topological polar surface area (TPSA) is 52.6 Å². The summed E-state index contributed by atoms with van der Waals surface area (Å²) in [5, 5.41) is 12.4. The Hall–Kier alpha value is -2.75. The van der Waals surface area contributed by atoms with E-state index in [0.717, 1.165) is 0 Å².